The molecule has 3 aromatic rings. The summed E-state index contributed by atoms with van der Waals surface area (Å²) in [4.78, 5) is 17.9. The zero-order valence-electron chi connectivity index (χ0n) is 19.0. The molecule has 5 rings (SSSR count). The van der Waals surface area contributed by atoms with Gasteiger partial charge in [-0.1, -0.05) is 54.6 Å². The number of hydrogen-bond donors (Lipinski definition) is 0. The van der Waals surface area contributed by atoms with E-state index < -0.39 is 0 Å². The Hall–Kier alpha value is -2.98. The summed E-state index contributed by atoms with van der Waals surface area (Å²) in [5.74, 6) is 0.331. The van der Waals surface area contributed by atoms with Crippen molar-refractivity contribution in [3.63, 3.8) is 0 Å². The first-order valence-corrected chi connectivity index (χ1v) is 12.1. The van der Waals surface area contributed by atoms with Gasteiger partial charge in [-0.15, -0.1) is 0 Å². The first kappa shape index (κ1) is 21.8. The van der Waals surface area contributed by atoms with Crippen LogP contribution in [0.5, 0.6) is 0 Å². The zero-order valence-corrected chi connectivity index (χ0v) is 19.0. The SMILES string of the molecule is O=C(c1ccc(F)cc1)N1CCc2ccccc2C1CCN1CCC(c2ccccc2)CC1. The lowest BCUT2D eigenvalue weighted by Gasteiger charge is -2.39. The van der Waals surface area contributed by atoms with Crippen molar-refractivity contribution in [1.29, 1.82) is 0 Å². The molecule has 4 heteroatoms. The second-order valence-corrected chi connectivity index (χ2v) is 9.29. The normalized spacial score (nSPS) is 19.3. The van der Waals surface area contributed by atoms with Gasteiger partial charge in [-0.05, 0) is 85.6 Å². The minimum absolute atomic E-state index is 0.00251. The summed E-state index contributed by atoms with van der Waals surface area (Å²) in [5.41, 5.74) is 4.62. The highest BCUT2D eigenvalue weighted by Gasteiger charge is 2.32. The van der Waals surface area contributed by atoms with E-state index in [0.717, 1.165) is 32.5 Å². The number of carbonyl (C=O) groups is 1. The third kappa shape index (κ3) is 4.86. The molecule has 0 aromatic heterocycles. The van der Waals surface area contributed by atoms with Crippen LogP contribution in [0.15, 0.2) is 78.9 Å². The van der Waals surface area contributed by atoms with Crippen molar-refractivity contribution in [3.8, 4) is 0 Å². The van der Waals surface area contributed by atoms with Crippen LogP contribution in [-0.2, 0) is 6.42 Å². The molecule has 33 heavy (non-hydrogen) atoms. The number of benzene rings is 3. The number of nitrogens with zero attached hydrogens (tertiary/aromatic N) is 2. The van der Waals surface area contributed by atoms with Crippen LogP contribution in [0.4, 0.5) is 4.39 Å². The largest absolute Gasteiger partial charge is 0.331 e. The monoisotopic (exact) mass is 442 g/mol. The van der Waals surface area contributed by atoms with Crippen molar-refractivity contribution in [2.45, 2.75) is 37.6 Å². The Morgan fingerprint density at radius 3 is 2.30 bits per heavy atom. The van der Waals surface area contributed by atoms with Crippen LogP contribution < -0.4 is 0 Å². The molecule has 3 nitrogen and oxygen atoms in total. The Kier molecular flexibility index (Phi) is 6.54. The van der Waals surface area contributed by atoms with Gasteiger partial charge in [-0.25, -0.2) is 4.39 Å². The molecule has 2 aliphatic heterocycles. The highest BCUT2D eigenvalue weighted by atomic mass is 19.1. The predicted octanol–water partition coefficient (Wildman–Crippen LogP) is 5.84. The summed E-state index contributed by atoms with van der Waals surface area (Å²) in [6.45, 7) is 3.88. The summed E-state index contributed by atoms with van der Waals surface area (Å²) < 4.78 is 13.4. The van der Waals surface area contributed by atoms with Crippen molar-refractivity contribution >= 4 is 5.91 Å². The second kappa shape index (κ2) is 9.88. The fourth-order valence-electron chi connectivity index (χ4n) is 5.48. The van der Waals surface area contributed by atoms with E-state index in [1.165, 1.54) is 41.7 Å². The van der Waals surface area contributed by atoms with E-state index >= 15 is 0 Å². The van der Waals surface area contributed by atoms with Gasteiger partial charge in [0.15, 0.2) is 0 Å². The van der Waals surface area contributed by atoms with Crippen molar-refractivity contribution in [2.75, 3.05) is 26.2 Å². The van der Waals surface area contributed by atoms with Crippen LogP contribution >= 0.6 is 0 Å². The lowest BCUT2D eigenvalue weighted by Crippen LogP contribution is -2.42. The molecule has 1 atom stereocenters. The Morgan fingerprint density at radius 2 is 1.55 bits per heavy atom. The molecule has 0 radical (unpaired) electrons. The molecule has 0 bridgehead atoms. The van der Waals surface area contributed by atoms with Gasteiger partial charge in [-0.2, -0.15) is 0 Å². The molecule has 1 saturated heterocycles. The molecular formula is C29H31FN2O. The third-order valence-corrected chi connectivity index (χ3v) is 7.34. The van der Waals surface area contributed by atoms with Crippen LogP contribution in [0.3, 0.4) is 0 Å². The van der Waals surface area contributed by atoms with Gasteiger partial charge < -0.3 is 9.80 Å². The first-order chi connectivity index (χ1) is 16.2. The summed E-state index contributed by atoms with van der Waals surface area (Å²) in [6.07, 6.45) is 4.15. The lowest BCUT2D eigenvalue weighted by molar-refractivity contribution is 0.0630. The zero-order chi connectivity index (χ0) is 22.6. The van der Waals surface area contributed by atoms with Crippen LogP contribution in [-0.4, -0.2) is 41.9 Å². The van der Waals surface area contributed by atoms with Gasteiger partial charge in [0.25, 0.3) is 5.91 Å². The molecule has 2 aliphatic rings. The average Bonchev–Trinajstić information content (AvgIpc) is 2.88. The minimum atomic E-state index is -0.314. The quantitative estimate of drug-likeness (QED) is 0.496. The number of piperidine rings is 1. The molecule has 0 saturated carbocycles. The first-order valence-electron chi connectivity index (χ1n) is 12.1. The number of amides is 1. The molecule has 1 unspecified atom stereocenters. The maximum absolute atomic E-state index is 13.4. The van der Waals surface area contributed by atoms with Crippen molar-refractivity contribution < 1.29 is 9.18 Å². The fourth-order valence-corrected chi connectivity index (χ4v) is 5.48. The fraction of sp³-hybridized carbons (Fsp3) is 0.345. The van der Waals surface area contributed by atoms with E-state index in [-0.39, 0.29) is 17.8 Å². The highest BCUT2D eigenvalue weighted by molar-refractivity contribution is 5.94. The number of carbonyl (C=O) groups excluding carboxylic acids is 1. The van der Waals surface area contributed by atoms with E-state index in [9.17, 15) is 9.18 Å². The summed E-state index contributed by atoms with van der Waals surface area (Å²) in [6, 6.07) is 25.4. The Balaban J connectivity index is 1.28. The standard InChI is InChI=1S/C29H31FN2O/c30-26-12-10-25(11-13-26)29(33)32-21-16-24-8-4-5-9-27(24)28(32)17-20-31-18-14-23(15-19-31)22-6-2-1-3-7-22/h1-13,23,28H,14-21H2. The Bertz CT molecular complexity index is 1070. The maximum Gasteiger partial charge on any atom is 0.254 e. The van der Waals surface area contributed by atoms with Gasteiger partial charge >= 0.3 is 0 Å². The van der Waals surface area contributed by atoms with Gasteiger partial charge in [0.1, 0.15) is 5.82 Å². The number of fused-ring (bicyclic) bond motifs is 1. The number of halogens is 1. The average molecular weight is 443 g/mol. The number of hydrogen-bond acceptors (Lipinski definition) is 2. The highest BCUT2D eigenvalue weighted by Crippen LogP contribution is 2.34. The van der Waals surface area contributed by atoms with E-state index in [2.05, 4.69) is 59.5 Å². The van der Waals surface area contributed by atoms with Gasteiger partial charge in [0.2, 0.25) is 0 Å². The molecule has 3 aromatic carbocycles. The van der Waals surface area contributed by atoms with Gasteiger partial charge in [0.05, 0.1) is 6.04 Å². The maximum atomic E-state index is 13.4. The van der Waals surface area contributed by atoms with Gasteiger partial charge in [-0.3, -0.25) is 4.79 Å². The predicted molar refractivity (Wildman–Crippen MR) is 130 cm³/mol. The third-order valence-electron chi connectivity index (χ3n) is 7.34. The van der Waals surface area contributed by atoms with Crippen molar-refractivity contribution in [1.82, 2.24) is 9.80 Å². The van der Waals surface area contributed by atoms with Crippen molar-refractivity contribution in [3.05, 3.63) is 107 Å². The molecule has 0 spiro atoms. The minimum Gasteiger partial charge on any atom is -0.331 e. The molecule has 0 aliphatic carbocycles. The van der Waals surface area contributed by atoms with E-state index in [4.69, 9.17) is 0 Å². The molecule has 0 N–H and O–H groups in total. The number of rotatable bonds is 5. The summed E-state index contributed by atoms with van der Waals surface area (Å²) >= 11 is 0. The topological polar surface area (TPSA) is 23.6 Å². The summed E-state index contributed by atoms with van der Waals surface area (Å²) in [5, 5.41) is 0. The van der Waals surface area contributed by atoms with Crippen molar-refractivity contribution in [2.24, 2.45) is 0 Å². The molecular weight excluding hydrogens is 411 g/mol. The molecule has 2 heterocycles. The lowest BCUT2D eigenvalue weighted by atomic mass is 9.88. The summed E-state index contributed by atoms with van der Waals surface area (Å²) in [7, 11) is 0. The molecule has 1 amide bonds. The van der Waals surface area contributed by atoms with Crippen LogP contribution in [0, 0.1) is 5.82 Å². The number of likely N-dealkylation sites (tertiary alicyclic amines) is 1. The second-order valence-electron chi connectivity index (χ2n) is 9.29. The Labute approximate surface area is 195 Å². The van der Waals surface area contributed by atoms with Crippen LogP contribution in [0.1, 0.15) is 58.3 Å². The van der Waals surface area contributed by atoms with E-state index in [1.807, 2.05) is 4.90 Å². The van der Waals surface area contributed by atoms with Crippen LogP contribution in [0.2, 0.25) is 0 Å². The van der Waals surface area contributed by atoms with E-state index in [1.54, 1.807) is 12.1 Å². The van der Waals surface area contributed by atoms with Crippen LogP contribution in [0.25, 0.3) is 0 Å². The Morgan fingerprint density at radius 1 is 0.848 bits per heavy atom. The van der Waals surface area contributed by atoms with E-state index in [0.29, 0.717) is 18.0 Å². The molecule has 170 valence electrons. The smallest absolute Gasteiger partial charge is 0.254 e. The van der Waals surface area contributed by atoms with Gasteiger partial charge in [0, 0.05) is 18.7 Å². The molecule has 1 fully saturated rings.